The first kappa shape index (κ1) is 11.1. The molecule has 0 atom stereocenters. The van der Waals surface area contributed by atoms with Crippen molar-refractivity contribution in [2.45, 2.75) is 6.42 Å². The molecule has 0 aliphatic heterocycles. The van der Waals surface area contributed by atoms with E-state index in [-0.39, 0.29) is 5.69 Å². The monoisotopic (exact) mass is 234 g/mol. The van der Waals surface area contributed by atoms with Gasteiger partial charge in [0.05, 0.1) is 4.92 Å². The number of aromatic nitrogens is 2. The Morgan fingerprint density at radius 3 is 2.94 bits per heavy atom. The Kier molecular flexibility index (Phi) is 3.29. The van der Waals surface area contributed by atoms with Crippen molar-refractivity contribution in [3.8, 4) is 0 Å². The van der Waals surface area contributed by atoms with Crippen molar-refractivity contribution in [2.24, 2.45) is 0 Å². The van der Waals surface area contributed by atoms with E-state index in [1.54, 1.807) is 18.2 Å². The summed E-state index contributed by atoms with van der Waals surface area (Å²) in [5.41, 5.74) is 0.543. The lowest BCUT2D eigenvalue weighted by Crippen LogP contribution is -2.07. The van der Waals surface area contributed by atoms with Crippen molar-refractivity contribution in [2.75, 3.05) is 11.9 Å². The minimum absolute atomic E-state index is 0.0561. The van der Waals surface area contributed by atoms with Gasteiger partial charge in [0.15, 0.2) is 5.82 Å². The number of nitro groups is 1. The summed E-state index contributed by atoms with van der Waals surface area (Å²) in [6.45, 7) is 0.504. The summed E-state index contributed by atoms with van der Waals surface area (Å²) >= 11 is 0. The molecular weight excluding hydrogens is 224 g/mol. The Labute approximate surface area is 96.6 Å². The van der Waals surface area contributed by atoms with Gasteiger partial charge in [-0.3, -0.25) is 10.1 Å². The van der Waals surface area contributed by atoms with Crippen LogP contribution in [0.15, 0.2) is 35.2 Å². The van der Waals surface area contributed by atoms with Crippen LogP contribution in [-0.2, 0) is 6.42 Å². The van der Waals surface area contributed by atoms with E-state index in [0.717, 1.165) is 0 Å². The van der Waals surface area contributed by atoms with E-state index in [1.807, 2.05) is 0 Å². The summed E-state index contributed by atoms with van der Waals surface area (Å²) in [4.78, 5) is 14.2. The fourth-order valence-electron chi connectivity index (χ4n) is 1.39. The molecule has 1 heterocycles. The Morgan fingerprint density at radius 1 is 1.41 bits per heavy atom. The molecule has 1 aromatic carbocycles. The summed E-state index contributed by atoms with van der Waals surface area (Å²) in [5, 5.41) is 17.4. The molecule has 0 spiro atoms. The van der Waals surface area contributed by atoms with Crippen molar-refractivity contribution in [3.63, 3.8) is 0 Å². The molecule has 0 saturated carbocycles. The number of rotatable bonds is 5. The maximum atomic E-state index is 10.7. The third-order valence-corrected chi connectivity index (χ3v) is 2.17. The molecular formula is C10H10N4O3. The van der Waals surface area contributed by atoms with E-state index >= 15 is 0 Å². The van der Waals surface area contributed by atoms with Crippen LogP contribution in [0.4, 0.5) is 11.4 Å². The maximum Gasteiger partial charge on any atom is 0.292 e. The highest BCUT2D eigenvalue weighted by atomic mass is 16.6. The fourth-order valence-corrected chi connectivity index (χ4v) is 1.39. The normalized spacial score (nSPS) is 10.1. The zero-order valence-electron chi connectivity index (χ0n) is 8.87. The van der Waals surface area contributed by atoms with Crippen LogP contribution in [0, 0.1) is 10.1 Å². The standard InChI is InChI=1S/C10H10N4O3/c15-14(16)9-4-2-1-3-8(9)11-6-5-10-12-7-17-13-10/h1-4,7,11H,5-6H2. The van der Waals surface area contributed by atoms with Crippen LogP contribution >= 0.6 is 0 Å². The molecule has 2 rings (SSSR count). The number of nitrogens with zero attached hydrogens (tertiary/aromatic N) is 3. The molecule has 0 unspecified atom stereocenters. The highest BCUT2D eigenvalue weighted by Gasteiger charge is 2.11. The Bertz CT molecular complexity index is 498. The van der Waals surface area contributed by atoms with E-state index in [1.165, 1.54) is 12.5 Å². The lowest BCUT2D eigenvalue weighted by Gasteiger charge is -2.04. The van der Waals surface area contributed by atoms with Crippen molar-refractivity contribution >= 4 is 11.4 Å². The molecule has 0 radical (unpaired) electrons. The van der Waals surface area contributed by atoms with Crippen LogP contribution in [-0.4, -0.2) is 21.6 Å². The van der Waals surface area contributed by atoms with Gasteiger partial charge in [0.1, 0.15) is 5.69 Å². The second-order valence-corrected chi connectivity index (χ2v) is 3.30. The van der Waals surface area contributed by atoms with Gasteiger partial charge in [-0.2, -0.15) is 4.98 Å². The van der Waals surface area contributed by atoms with Crippen LogP contribution in [0.25, 0.3) is 0 Å². The molecule has 1 N–H and O–H groups in total. The number of para-hydroxylation sites is 2. The van der Waals surface area contributed by atoms with Crippen LogP contribution in [0.1, 0.15) is 5.82 Å². The third kappa shape index (κ3) is 2.77. The highest BCUT2D eigenvalue weighted by molar-refractivity contribution is 5.60. The fraction of sp³-hybridized carbons (Fsp3) is 0.200. The van der Waals surface area contributed by atoms with Crippen LogP contribution in [0.5, 0.6) is 0 Å². The molecule has 0 fully saturated rings. The molecule has 1 aromatic heterocycles. The molecule has 7 heteroatoms. The molecule has 88 valence electrons. The first-order valence-corrected chi connectivity index (χ1v) is 5.00. The average molecular weight is 234 g/mol. The summed E-state index contributed by atoms with van der Waals surface area (Å²) < 4.78 is 4.58. The maximum absolute atomic E-state index is 10.7. The quantitative estimate of drug-likeness (QED) is 0.624. The first-order chi connectivity index (χ1) is 8.27. The van der Waals surface area contributed by atoms with Gasteiger partial charge in [-0.25, -0.2) is 0 Å². The van der Waals surface area contributed by atoms with Gasteiger partial charge < -0.3 is 9.84 Å². The zero-order chi connectivity index (χ0) is 12.1. The Hall–Kier alpha value is -2.44. The Morgan fingerprint density at radius 2 is 2.24 bits per heavy atom. The van der Waals surface area contributed by atoms with Crippen molar-refractivity contribution in [1.29, 1.82) is 0 Å². The van der Waals surface area contributed by atoms with Crippen molar-refractivity contribution in [1.82, 2.24) is 10.1 Å². The second-order valence-electron chi connectivity index (χ2n) is 3.30. The van der Waals surface area contributed by atoms with Gasteiger partial charge in [0.25, 0.3) is 5.69 Å². The predicted molar refractivity (Wildman–Crippen MR) is 59.6 cm³/mol. The molecule has 7 nitrogen and oxygen atoms in total. The molecule has 2 aromatic rings. The lowest BCUT2D eigenvalue weighted by molar-refractivity contribution is -0.384. The van der Waals surface area contributed by atoms with Crippen LogP contribution < -0.4 is 5.32 Å². The predicted octanol–water partition coefficient (Wildman–Crippen LogP) is 1.63. The molecule has 17 heavy (non-hydrogen) atoms. The topological polar surface area (TPSA) is 94.1 Å². The van der Waals surface area contributed by atoms with Gasteiger partial charge in [-0.15, -0.1) is 0 Å². The third-order valence-electron chi connectivity index (χ3n) is 2.17. The van der Waals surface area contributed by atoms with Crippen LogP contribution in [0.2, 0.25) is 0 Å². The van der Waals surface area contributed by atoms with Gasteiger partial charge >= 0.3 is 0 Å². The number of hydrogen-bond donors (Lipinski definition) is 1. The molecule has 0 aliphatic carbocycles. The van der Waals surface area contributed by atoms with Crippen LogP contribution in [0.3, 0.4) is 0 Å². The Balaban J connectivity index is 1.97. The van der Waals surface area contributed by atoms with Crippen molar-refractivity contribution in [3.05, 3.63) is 46.6 Å². The molecule has 0 saturated heterocycles. The SMILES string of the molecule is O=[N+]([O-])c1ccccc1NCCc1ncon1. The van der Waals surface area contributed by atoms with E-state index < -0.39 is 4.92 Å². The number of nitro benzene ring substituents is 1. The number of hydrogen-bond acceptors (Lipinski definition) is 6. The second kappa shape index (κ2) is 5.06. The van der Waals surface area contributed by atoms with E-state index in [0.29, 0.717) is 24.5 Å². The number of anilines is 1. The smallest absolute Gasteiger partial charge is 0.292 e. The number of benzene rings is 1. The van der Waals surface area contributed by atoms with E-state index in [4.69, 9.17) is 0 Å². The zero-order valence-corrected chi connectivity index (χ0v) is 8.87. The summed E-state index contributed by atoms with van der Waals surface area (Å²) in [7, 11) is 0. The van der Waals surface area contributed by atoms with Gasteiger partial charge in [0, 0.05) is 19.0 Å². The van der Waals surface area contributed by atoms with Gasteiger partial charge in [0.2, 0.25) is 6.39 Å². The lowest BCUT2D eigenvalue weighted by atomic mass is 10.2. The summed E-state index contributed by atoms with van der Waals surface area (Å²) in [6, 6.07) is 6.48. The largest absolute Gasteiger partial charge is 0.379 e. The van der Waals surface area contributed by atoms with Gasteiger partial charge in [-0.1, -0.05) is 17.3 Å². The molecule has 0 amide bonds. The van der Waals surface area contributed by atoms with Crippen molar-refractivity contribution < 1.29 is 9.45 Å². The molecule has 0 bridgehead atoms. The van der Waals surface area contributed by atoms with E-state index in [2.05, 4.69) is 20.0 Å². The summed E-state index contributed by atoms with van der Waals surface area (Å²) in [6.07, 6.45) is 1.79. The minimum Gasteiger partial charge on any atom is -0.379 e. The first-order valence-electron chi connectivity index (χ1n) is 5.00. The minimum atomic E-state index is -0.420. The highest BCUT2D eigenvalue weighted by Crippen LogP contribution is 2.22. The van der Waals surface area contributed by atoms with E-state index in [9.17, 15) is 10.1 Å². The molecule has 0 aliphatic rings. The average Bonchev–Trinajstić information content (AvgIpc) is 2.82. The van der Waals surface area contributed by atoms with Gasteiger partial charge in [-0.05, 0) is 6.07 Å². The summed E-state index contributed by atoms with van der Waals surface area (Å²) in [5.74, 6) is 0.566. The number of nitrogens with one attached hydrogen (secondary N) is 1.